The van der Waals surface area contributed by atoms with Crippen LogP contribution in [0.2, 0.25) is 0 Å². The third kappa shape index (κ3) is 5.59. The number of hydrogen-bond donors (Lipinski definition) is 1. The molecule has 1 aliphatic heterocycles. The number of aromatic nitrogens is 2. The lowest BCUT2D eigenvalue weighted by Crippen LogP contribution is -2.41. The highest BCUT2D eigenvalue weighted by atomic mass is 32.2. The van der Waals surface area contributed by atoms with Gasteiger partial charge in [-0.15, -0.1) is 0 Å². The highest BCUT2D eigenvalue weighted by Gasteiger charge is 2.33. The summed E-state index contributed by atoms with van der Waals surface area (Å²) in [5.41, 5.74) is 0.0675. The predicted octanol–water partition coefficient (Wildman–Crippen LogP) is 2.42. The van der Waals surface area contributed by atoms with Crippen molar-refractivity contribution in [1.29, 1.82) is 0 Å². The fraction of sp³-hybridized carbons (Fsp3) is 0.476. The first-order valence-electron chi connectivity index (χ1n) is 10.9. The van der Waals surface area contributed by atoms with Gasteiger partial charge in [0.25, 0.3) is 5.69 Å². The van der Waals surface area contributed by atoms with Crippen molar-refractivity contribution in [3.63, 3.8) is 0 Å². The molecular formula is C21H27N5O7S. The van der Waals surface area contributed by atoms with Crippen LogP contribution < -0.4 is 5.32 Å². The van der Waals surface area contributed by atoms with E-state index in [9.17, 15) is 28.1 Å². The van der Waals surface area contributed by atoms with Gasteiger partial charge in [0.1, 0.15) is 0 Å². The van der Waals surface area contributed by atoms with E-state index in [1.165, 1.54) is 21.1 Å². The minimum Gasteiger partial charge on any atom is -0.458 e. The number of aryl methyl sites for hydroxylation is 1. The monoisotopic (exact) mass is 493 g/mol. The summed E-state index contributed by atoms with van der Waals surface area (Å²) in [6.07, 6.45) is 1.78. The highest BCUT2D eigenvalue weighted by Crippen LogP contribution is 2.26. The van der Waals surface area contributed by atoms with E-state index in [-0.39, 0.29) is 59.9 Å². The second-order valence-electron chi connectivity index (χ2n) is 8.12. The summed E-state index contributed by atoms with van der Waals surface area (Å²) in [4.78, 5) is 35.4. The first-order chi connectivity index (χ1) is 16.0. The summed E-state index contributed by atoms with van der Waals surface area (Å²) in [5.74, 6) is -1.43. The average Bonchev–Trinajstić information content (AvgIpc) is 3.21. The summed E-state index contributed by atoms with van der Waals surface area (Å²) in [7, 11) is -3.84. The van der Waals surface area contributed by atoms with Crippen LogP contribution in [0.15, 0.2) is 35.4 Å². The summed E-state index contributed by atoms with van der Waals surface area (Å²) in [6, 6.07) is 4.70. The topological polar surface area (TPSA) is 154 Å². The highest BCUT2D eigenvalue weighted by molar-refractivity contribution is 7.89. The third-order valence-corrected chi connectivity index (χ3v) is 7.30. The molecule has 13 heteroatoms. The molecule has 3 rings (SSSR count). The number of carbonyl (C=O) groups is 2. The number of piperidine rings is 1. The molecule has 0 saturated carbocycles. The molecular weight excluding hydrogens is 466 g/mol. The first-order valence-corrected chi connectivity index (χ1v) is 12.3. The Balaban J connectivity index is 1.65. The maximum atomic E-state index is 12.9. The Morgan fingerprint density at radius 3 is 2.38 bits per heavy atom. The number of sulfonamides is 1. The van der Waals surface area contributed by atoms with Gasteiger partial charge in [0, 0.05) is 43.9 Å². The second kappa shape index (κ2) is 10.3. The molecule has 34 heavy (non-hydrogen) atoms. The molecule has 1 aromatic heterocycles. The SMILES string of the molecule is CCn1cc(NC(=O)C2CCN(S(=O)(=O)c3ccc([N+](=O)[O-])cc3)CC2)c(C(=O)OC(C)C)n1. The number of amides is 1. The number of nitrogens with one attached hydrogen (secondary N) is 1. The molecule has 2 aromatic rings. The van der Waals surface area contributed by atoms with Gasteiger partial charge in [-0.3, -0.25) is 19.6 Å². The standard InChI is InChI=1S/C21H27N5O7S/c1-4-24-13-18(19(23-24)21(28)33-14(2)3)22-20(27)15-9-11-25(12-10-15)34(31,32)17-7-5-16(6-8-17)26(29)30/h5-8,13-15H,4,9-12H2,1-3H3,(H,22,27). The lowest BCUT2D eigenvalue weighted by Gasteiger charge is -2.30. The third-order valence-electron chi connectivity index (χ3n) is 5.39. The Morgan fingerprint density at radius 2 is 1.85 bits per heavy atom. The Bertz CT molecular complexity index is 1170. The Morgan fingerprint density at radius 1 is 1.24 bits per heavy atom. The summed E-state index contributed by atoms with van der Waals surface area (Å²) in [6.45, 7) is 6.01. The summed E-state index contributed by atoms with van der Waals surface area (Å²) < 4.78 is 33.7. The van der Waals surface area contributed by atoms with Crippen LogP contribution in [0, 0.1) is 16.0 Å². The van der Waals surface area contributed by atoms with E-state index in [0.29, 0.717) is 6.54 Å². The lowest BCUT2D eigenvalue weighted by molar-refractivity contribution is -0.384. The molecule has 184 valence electrons. The van der Waals surface area contributed by atoms with Gasteiger partial charge >= 0.3 is 5.97 Å². The van der Waals surface area contributed by atoms with Crippen LogP contribution in [0.1, 0.15) is 44.1 Å². The molecule has 12 nitrogen and oxygen atoms in total. The van der Waals surface area contributed by atoms with Gasteiger partial charge in [-0.2, -0.15) is 9.40 Å². The van der Waals surface area contributed by atoms with Crippen LogP contribution in [0.4, 0.5) is 11.4 Å². The molecule has 1 saturated heterocycles. The molecule has 0 aliphatic carbocycles. The number of nitro groups is 1. The molecule has 0 bridgehead atoms. The number of non-ortho nitro benzene ring substituents is 1. The number of rotatable bonds is 8. The van der Waals surface area contributed by atoms with Crippen molar-refractivity contribution >= 4 is 33.3 Å². The number of hydrogen-bond acceptors (Lipinski definition) is 8. The van der Waals surface area contributed by atoms with Crippen molar-refractivity contribution in [3.8, 4) is 0 Å². The van der Waals surface area contributed by atoms with Crippen LogP contribution >= 0.6 is 0 Å². The van der Waals surface area contributed by atoms with Crippen molar-refractivity contribution in [2.45, 2.75) is 51.2 Å². The maximum absolute atomic E-state index is 12.9. The lowest BCUT2D eigenvalue weighted by atomic mass is 9.97. The van der Waals surface area contributed by atoms with Gasteiger partial charge in [-0.1, -0.05) is 0 Å². The number of benzene rings is 1. The first kappa shape index (κ1) is 25.3. The van der Waals surface area contributed by atoms with Crippen molar-refractivity contribution in [3.05, 3.63) is 46.3 Å². The van der Waals surface area contributed by atoms with Gasteiger partial charge < -0.3 is 10.1 Å². The molecule has 0 radical (unpaired) electrons. The zero-order valence-electron chi connectivity index (χ0n) is 19.1. The van der Waals surface area contributed by atoms with Crippen LogP contribution in [0.3, 0.4) is 0 Å². The van der Waals surface area contributed by atoms with E-state index in [1.54, 1.807) is 20.0 Å². The molecule has 0 spiro atoms. The van der Waals surface area contributed by atoms with Gasteiger partial charge in [0.2, 0.25) is 15.9 Å². The summed E-state index contributed by atoms with van der Waals surface area (Å²) >= 11 is 0. The molecule has 0 unspecified atom stereocenters. The number of nitro benzene ring substituents is 1. The molecule has 2 heterocycles. The van der Waals surface area contributed by atoms with Gasteiger partial charge in [-0.05, 0) is 45.7 Å². The molecule has 1 aliphatic rings. The van der Waals surface area contributed by atoms with E-state index in [0.717, 1.165) is 12.1 Å². The van der Waals surface area contributed by atoms with Crippen molar-refractivity contribution in [2.24, 2.45) is 5.92 Å². The minimum atomic E-state index is -3.84. The molecule has 1 aromatic carbocycles. The zero-order chi connectivity index (χ0) is 25.0. The van der Waals surface area contributed by atoms with E-state index in [1.807, 2.05) is 6.92 Å². The normalized spacial score (nSPS) is 15.3. The number of nitrogens with zero attached hydrogens (tertiary/aromatic N) is 4. The zero-order valence-corrected chi connectivity index (χ0v) is 19.9. The van der Waals surface area contributed by atoms with Crippen molar-refractivity contribution in [1.82, 2.24) is 14.1 Å². The molecule has 1 fully saturated rings. The van der Waals surface area contributed by atoms with Crippen LogP contribution in [0.5, 0.6) is 0 Å². The number of ether oxygens (including phenoxy) is 1. The number of anilines is 1. The predicted molar refractivity (Wildman–Crippen MR) is 122 cm³/mol. The smallest absolute Gasteiger partial charge is 0.361 e. The van der Waals surface area contributed by atoms with E-state index in [2.05, 4.69) is 10.4 Å². The number of carbonyl (C=O) groups excluding carboxylic acids is 2. The van der Waals surface area contributed by atoms with E-state index < -0.39 is 26.8 Å². The molecule has 1 N–H and O–H groups in total. The van der Waals surface area contributed by atoms with Gasteiger partial charge in [0.15, 0.2) is 5.69 Å². The Hall–Kier alpha value is -3.32. The number of esters is 1. The minimum absolute atomic E-state index is 0.0158. The second-order valence-corrected chi connectivity index (χ2v) is 10.1. The average molecular weight is 494 g/mol. The maximum Gasteiger partial charge on any atom is 0.361 e. The summed E-state index contributed by atoms with van der Waals surface area (Å²) in [5, 5.41) is 17.7. The largest absolute Gasteiger partial charge is 0.458 e. The molecule has 1 amide bonds. The Kier molecular flexibility index (Phi) is 7.67. The van der Waals surface area contributed by atoms with Gasteiger partial charge in [-0.25, -0.2) is 13.2 Å². The quantitative estimate of drug-likeness (QED) is 0.334. The van der Waals surface area contributed by atoms with E-state index in [4.69, 9.17) is 4.74 Å². The van der Waals surface area contributed by atoms with Crippen LogP contribution in [-0.4, -0.2) is 58.5 Å². The fourth-order valence-electron chi connectivity index (χ4n) is 3.58. The van der Waals surface area contributed by atoms with Crippen LogP contribution in [0.25, 0.3) is 0 Å². The van der Waals surface area contributed by atoms with Crippen molar-refractivity contribution in [2.75, 3.05) is 18.4 Å². The van der Waals surface area contributed by atoms with Crippen molar-refractivity contribution < 1.29 is 27.7 Å². The fourth-order valence-corrected chi connectivity index (χ4v) is 5.05. The molecule has 0 atom stereocenters. The van der Waals surface area contributed by atoms with Gasteiger partial charge in [0.05, 0.1) is 21.6 Å². The van der Waals surface area contributed by atoms with E-state index >= 15 is 0 Å². The Labute approximate surface area is 197 Å². The van der Waals surface area contributed by atoms with Crippen LogP contribution in [-0.2, 0) is 26.1 Å².